The summed E-state index contributed by atoms with van der Waals surface area (Å²) in [6.45, 7) is 2.06. The second-order valence-electron chi connectivity index (χ2n) is 6.88. The fourth-order valence-electron chi connectivity index (χ4n) is 3.64. The first-order valence-corrected chi connectivity index (χ1v) is 8.77. The summed E-state index contributed by atoms with van der Waals surface area (Å²) in [6.07, 6.45) is 1.19. The molecule has 2 aromatic rings. The average molecular weight is 346 g/mol. The van der Waals surface area contributed by atoms with Crippen LogP contribution in [0.3, 0.4) is 0 Å². The van der Waals surface area contributed by atoms with E-state index >= 15 is 0 Å². The van der Waals surface area contributed by atoms with Gasteiger partial charge < -0.3 is 15.2 Å². The maximum Gasteiger partial charge on any atom is 0.312 e. The van der Waals surface area contributed by atoms with Crippen LogP contribution in [-0.4, -0.2) is 40.2 Å². The van der Waals surface area contributed by atoms with Gasteiger partial charge in [0.1, 0.15) is 5.60 Å². The number of rotatable bonds is 5. The number of ether oxygens (including phenoxy) is 1. The maximum atomic E-state index is 12.5. The molecule has 6 nitrogen and oxygen atoms in total. The van der Waals surface area contributed by atoms with Crippen molar-refractivity contribution in [2.24, 2.45) is 5.41 Å². The van der Waals surface area contributed by atoms with Crippen molar-refractivity contribution in [1.82, 2.24) is 10.3 Å². The van der Waals surface area contributed by atoms with E-state index in [2.05, 4.69) is 10.3 Å². The smallest absolute Gasteiger partial charge is 0.312 e. The summed E-state index contributed by atoms with van der Waals surface area (Å²) < 4.78 is 6.67. The number of carboxylic acids is 1. The summed E-state index contributed by atoms with van der Waals surface area (Å²) in [5.41, 5.74) is -0.826. The van der Waals surface area contributed by atoms with Crippen LogP contribution in [0.15, 0.2) is 24.3 Å². The number of para-hydroxylation sites is 1. The van der Waals surface area contributed by atoms with Gasteiger partial charge in [-0.1, -0.05) is 12.1 Å². The highest BCUT2D eigenvalue weighted by Crippen LogP contribution is 2.58. The summed E-state index contributed by atoms with van der Waals surface area (Å²) in [5.74, 6) is -1.07. The van der Waals surface area contributed by atoms with Crippen molar-refractivity contribution in [2.75, 3.05) is 6.61 Å². The number of hydrogen-bond acceptors (Lipinski definition) is 5. The highest BCUT2D eigenvalue weighted by molar-refractivity contribution is 7.18. The van der Waals surface area contributed by atoms with Crippen LogP contribution >= 0.6 is 11.3 Å². The molecule has 126 valence electrons. The second-order valence-corrected chi connectivity index (χ2v) is 7.99. The third kappa shape index (κ3) is 2.31. The minimum absolute atomic E-state index is 0.0866. The van der Waals surface area contributed by atoms with Crippen LogP contribution in [0.25, 0.3) is 10.2 Å². The van der Waals surface area contributed by atoms with Crippen molar-refractivity contribution in [3.8, 4) is 0 Å². The Kier molecular flexibility index (Phi) is 3.40. The summed E-state index contributed by atoms with van der Waals surface area (Å²) in [6, 6.07) is 7.86. The number of hydrogen-bond donors (Lipinski definition) is 2. The van der Waals surface area contributed by atoms with Crippen molar-refractivity contribution in [1.29, 1.82) is 0 Å². The molecule has 0 spiro atoms. The van der Waals surface area contributed by atoms with Gasteiger partial charge in [-0.05, 0) is 19.1 Å². The molecule has 24 heavy (non-hydrogen) atoms. The fourth-order valence-corrected chi connectivity index (χ4v) is 4.73. The highest BCUT2D eigenvalue weighted by Gasteiger charge is 2.70. The lowest BCUT2D eigenvalue weighted by molar-refractivity contribution is -0.158. The summed E-state index contributed by atoms with van der Waals surface area (Å²) >= 11 is 1.63. The molecule has 3 aliphatic rings. The van der Waals surface area contributed by atoms with E-state index in [9.17, 15) is 14.7 Å². The van der Waals surface area contributed by atoms with Crippen LogP contribution in [0.5, 0.6) is 0 Å². The Morgan fingerprint density at radius 3 is 2.83 bits per heavy atom. The number of carbonyl (C=O) groups is 2. The van der Waals surface area contributed by atoms with Crippen LogP contribution in [0.2, 0.25) is 0 Å². The van der Waals surface area contributed by atoms with Crippen LogP contribution < -0.4 is 5.32 Å². The summed E-state index contributed by atoms with van der Waals surface area (Å²) in [4.78, 5) is 28.3. The van der Waals surface area contributed by atoms with Gasteiger partial charge in [-0.25, -0.2) is 4.98 Å². The zero-order chi connectivity index (χ0) is 16.9. The van der Waals surface area contributed by atoms with Gasteiger partial charge in [0.2, 0.25) is 0 Å². The minimum Gasteiger partial charge on any atom is -0.481 e. The van der Waals surface area contributed by atoms with E-state index in [0.29, 0.717) is 6.42 Å². The van der Waals surface area contributed by atoms with Crippen molar-refractivity contribution in [3.05, 3.63) is 29.3 Å². The molecule has 2 N–H and O–H groups in total. The Morgan fingerprint density at radius 2 is 2.17 bits per heavy atom. The fraction of sp³-hybridized carbons (Fsp3) is 0.471. The molecule has 1 aromatic carbocycles. The second kappa shape index (κ2) is 5.26. The molecule has 2 bridgehead atoms. The lowest BCUT2D eigenvalue weighted by Crippen LogP contribution is -2.58. The molecule has 5 rings (SSSR count). The van der Waals surface area contributed by atoms with E-state index in [-0.39, 0.29) is 31.4 Å². The number of thiazole rings is 1. The number of nitrogens with zero attached hydrogens (tertiary/aromatic N) is 1. The Morgan fingerprint density at radius 1 is 1.42 bits per heavy atom. The summed E-state index contributed by atoms with van der Waals surface area (Å²) in [5, 5.41) is 13.2. The standard InChI is InChI=1S/C17H18N2O4S/c1-10(6-13-19-11-4-2-3-5-12(11)24-13)18-14(20)17-7-16(8-17,9-23-17)15(21)22/h2-5,10H,6-9H2,1H3,(H,18,20)(H,21,22). The SMILES string of the molecule is CC(Cc1nc2ccccc2s1)NC(=O)C12CC(C(=O)O)(CO1)C2. The molecule has 1 unspecified atom stereocenters. The number of benzene rings is 1. The molecule has 1 aliphatic carbocycles. The lowest BCUT2D eigenvalue weighted by atomic mass is 9.62. The lowest BCUT2D eigenvalue weighted by Gasteiger charge is -2.40. The molecule has 1 atom stereocenters. The first-order valence-electron chi connectivity index (χ1n) is 7.95. The van der Waals surface area contributed by atoms with Gasteiger partial charge in [0.25, 0.3) is 5.91 Å². The largest absolute Gasteiger partial charge is 0.481 e. The molecule has 1 amide bonds. The van der Waals surface area contributed by atoms with Gasteiger partial charge in [-0.3, -0.25) is 9.59 Å². The van der Waals surface area contributed by atoms with Crippen molar-refractivity contribution in [2.45, 2.75) is 37.8 Å². The highest BCUT2D eigenvalue weighted by atomic mass is 32.1. The molecule has 2 saturated heterocycles. The van der Waals surface area contributed by atoms with E-state index in [1.807, 2.05) is 31.2 Å². The maximum absolute atomic E-state index is 12.5. The predicted molar refractivity (Wildman–Crippen MR) is 88.9 cm³/mol. The summed E-state index contributed by atoms with van der Waals surface area (Å²) in [7, 11) is 0. The number of fused-ring (bicyclic) bond motifs is 2. The molecule has 0 radical (unpaired) electrons. The first-order chi connectivity index (χ1) is 11.4. The van der Waals surface area contributed by atoms with Crippen molar-refractivity contribution in [3.63, 3.8) is 0 Å². The Balaban J connectivity index is 1.39. The quantitative estimate of drug-likeness (QED) is 0.864. The Labute approximate surface area is 142 Å². The minimum atomic E-state index is -0.944. The molecule has 7 heteroatoms. The van der Waals surface area contributed by atoms with Crippen molar-refractivity contribution >= 4 is 33.4 Å². The number of nitrogens with one attached hydrogen (secondary N) is 1. The Bertz CT molecular complexity index is 792. The molecule has 2 aliphatic heterocycles. The zero-order valence-corrected chi connectivity index (χ0v) is 14.1. The van der Waals surface area contributed by atoms with Gasteiger partial charge >= 0.3 is 5.97 Å². The van der Waals surface area contributed by atoms with E-state index < -0.39 is 17.0 Å². The number of aliphatic carboxylic acids is 1. The van der Waals surface area contributed by atoms with Crippen LogP contribution in [0, 0.1) is 5.41 Å². The number of carboxylic acid groups (broad SMARTS) is 1. The average Bonchev–Trinajstić information content (AvgIpc) is 3.17. The van der Waals surface area contributed by atoms with Crippen LogP contribution in [-0.2, 0) is 20.7 Å². The van der Waals surface area contributed by atoms with Gasteiger partial charge in [0, 0.05) is 25.3 Å². The monoisotopic (exact) mass is 346 g/mol. The third-order valence-corrected chi connectivity index (χ3v) is 6.00. The van der Waals surface area contributed by atoms with Gasteiger partial charge in [0.05, 0.1) is 27.2 Å². The molecular weight excluding hydrogens is 328 g/mol. The molecular formula is C17H18N2O4S. The molecule has 3 heterocycles. The first kappa shape index (κ1) is 15.5. The van der Waals surface area contributed by atoms with E-state index in [1.54, 1.807) is 11.3 Å². The van der Waals surface area contributed by atoms with Crippen LogP contribution in [0.4, 0.5) is 0 Å². The van der Waals surface area contributed by atoms with E-state index in [1.165, 1.54) is 0 Å². The Hall–Kier alpha value is -1.99. The zero-order valence-electron chi connectivity index (χ0n) is 13.2. The van der Waals surface area contributed by atoms with Gasteiger partial charge in [-0.2, -0.15) is 0 Å². The number of aromatic nitrogens is 1. The topological polar surface area (TPSA) is 88.5 Å². The predicted octanol–water partition coefficient (Wildman–Crippen LogP) is 1.98. The normalized spacial score (nSPS) is 29.2. The number of amides is 1. The van der Waals surface area contributed by atoms with Gasteiger partial charge in [0.15, 0.2) is 0 Å². The molecule has 1 aromatic heterocycles. The van der Waals surface area contributed by atoms with E-state index in [4.69, 9.17) is 4.74 Å². The van der Waals surface area contributed by atoms with Crippen LogP contribution in [0.1, 0.15) is 24.8 Å². The van der Waals surface area contributed by atoms with Crippen molar-refractivity contribution < 1.29 is 19.4 Å². The third-order valence-electron chi connectivity index (χ3n) is 4.94. The molecule has 1 saturated carbocycles. The molecule has 3 fully saturated rings. The van der Waals surface area contributed by atoms with E-state index in [0.717, 1.165) is 15.2 Å². The van der Waals surface area contributed by atoms with Gasteiger partial charge in [-0.15, -0.1) is 11.3 Å². The number of carbonyl (C=O) groups excluding carboxylic acids is 1.